The lowest BCUT2D eigenvalue weighted by Gasteiger charge is -2.23. The highest BCUT2D eigenvalue weighted by atomic mass is 16.7. The number of anilines is 1. The van der Waals surface area contributed by atoms with Crippen molar-refractivity contribution in [3.8, 4) is 22.8 Å². The molecule has 0 aliphatic carbocycles. The van der Waals surface area contributed by atoms with Crippen LogP contribution in [0.1, 0.15) is 12.0 Å². The van der Waals surface area contributed by atoms with Crippen molar-refractivity contribution in [1.29, 1.82) is 0 Å². The molecule has 1 aromatic heterocycles. The van der Waals surface area contributed by atoms with E-state index in [2.05, 4.69) is 88.0 Å². The van der Waals surface area contributed by atoms with Crippen LogP contribution in [-0.4, -0.2) is 29.9 Å². The summed E-state index contributed by atoms with van der Waals surface area (Å²) in [6, 6.07) is 22.8. The van der Waals surface area contributed by atoms with Crippen LogP contribution >= 0.6 is 0 Å². The summed E-state index contributed by atoms with van der Waals surface area (Å²) < 4.78 is 17.0. The highest BCUT2D eigenvalue weighted by molar-refractivity contribution is 5.86. The van der Waals surface area contributed by atoms with Gasteiger partial charge in [-0.2, -0.15) is 0 Å². The Morgan fingerprint density at radius 2 is 1.64 bits per heavy atom. The normalized spacial score (nSPS) is 13.9. The number of rotatable bonds is 8. The van der Waals surface area contributed by atoms with Crippen molar-refractivity contribution < 1.29 is 14.0 Å². The summed E-state index contributed by atoms with van der Waals surface area (Å²) in [4.78, 5) is 4.43. The summed E-state index contributed by atoms with van der Waals surface area (Å²) in [6.07, 6.45) is 13.3. The van der Waals surface area contributed by atoms with E-state index in [9.17, 15) is 0 Å². The van der Waals surface area contributed by atoms with Crippen LogP contribution in [0.3, 0.4) is 0 Å². The Balaban J connectivity index is 1.23. The fourth-order valence-electron chi connectivity index (χ4n) is 4.52. The molecule has 36 heavy (non-hydrogen) atoms. The van der Waals surface area contributed by atoms with Gasteiger partial charge in [-0.3, -0.25) is 0 Å². The Bertz CT molecular complexity index is 1440. The van der Waals surface area contributed by atoms with Crippen LogP contribution < -0.4 is 14.4 Å². The van der Waals surface area contributed by atoms with E-state index in [-0.39, 0.29) is 6.79 Å². The molecule has 0 saturated carbocycles. The fourth-order valence-corrected chi connectivity index (χ4v) is 4.52. The zero-order chi connectivity index (χ0) is 24.2. The Labute approximate surface area is 210 Å². The standard InChI is InChI=1S/C30H27N3O3/c1-2-6-15-32(14-5-1)16-7-17-33(21-23-10-13-28-29(18-23)35-22-34-28)30-20-27(31-36-30)26-12-11-24-8-3-4-9-25(24)19-26/h1-6,8-15,18-20H,7,16-17,21-22H2. The molecule has 6 nitrogen and oxygen atoms in total. The molecular formula is C30H27N3O3. The number of fused-ring (bicyclic) bond motifs is 2. The van der Waals surface area contributed by atoms with Crippen LogP contribution in [0.5, 0.6) is 11.5 Å². The van der Waals surface area contributed by atoms with Crippen molar-refractivity contribution in [3.05, 3.63) is 109 Å². The molecule has 6 rings (SSSR count). The second-order valence-corrected chi connectivity index (χ2v) is 8.88. The van der Waals surface area contributed by atoms with Crippen LogP contribution in [-0.2, 0) is 6.54 Å². The van der Waals surface area contributed by atoms with Crippen molar-refractivity contribution >= 4 is 16.7 Å². The first-order chi connectivity index (χ1) is 17.8. The van der Waals surface area contributed by atoms with Gasteiger partial charge in [0.05, 0.1) is 0 Å². The van der Waals surface area contributed by atoms with Gasteiger partial charge in [-0.15, -0.1) is 0 Å². The molecule has 4 aromatic rings. The lowest BCUT2D eigenvalue weighted by atomic mass is 10.1. The van der Waals surface area contributed by atoms with Gasteiger partial charge in [-0.05, 0) is 53.1 Å². The van der Waals surface area contributed by atoms with E-state index < -0.39 is 0 Å². The van der Waals surface area contributed by atoms with Crippen molar-refractivity contribution in [2.24, 2.45) is 0 Å². The summed E-state index contributed by atoms with van der Waals surface area (Å²) >= 11 is 0. The largest absolute Gasteiger partial charge is 0.454 e. The van der Waals surface area contributed by atoms with E-state index in [0.29, 0.717) is 6.54 Å². The molecule has 0 unspecified atom stereocenters. The molecule has 0 saturated heterocycles. The van der Waals surface area contributed by atoms with E-state index in [0.717, 1.165) is 53.7 Å². The predicted molar refractivity (Wildman–Crippen MR) is 142 cm³/mol. The van der Waals surface area contributed by atoms with Gasteiger partial charge in [-0.1, -0.05) is 59.8 Å². The van der Waals surface area contributed by atoms with Crippen LogP contribution in [0.4, 0.5) is 5.88 Å². The number of nitrogens with zero attached hydrogens (tertiary/aromatic N) is 3. The Hall–Kier alpha value is -4.45. The lowest BCUT2D eigenvalue weighted by Crippen LogP contribution is -2.26. The first kappa shape index (κ1) is 22.0. The molecule has 0 bridgehead atoms. The monoisotopic (exact) mass is 477 g/mol. The number of hydrogen-bond acceptors (Lipinski definition) is 6. The van der Waals surface area contributed by atoms with E-state index in [1.165, 1.54) is 10.8 Å². The topological polar surface area (TPSA) is 51.0 Å². The quantitative estimate of drug-likeness (QED) is 0.288. The first-order valence-corrected chi connectivity index (χ1v) is 12.2. The molecule has 3 heterocycles. The van der Waals surface area contributed by atoms with Crippen molar-refractivity contribution in [2.45, 2.75) is 13.0 Å². The van der Waals surface area contributed by atoms with E-state index in [1.807, 2.05) is 30.4 Å². The molecule has 180 valence electrons. The summed E-state index contributed by atoms with van der Waals surface area (Å²) in [5.74, 6) is 2.32. The van der Waals surface area contributed by atoms with Crippen LogP contribution in [0.25, 0.3) is 22.0 Å². The second kappa shape index (κ2) is 10.0. The maximum atomic E-state index is 5.89. The molecule has 3 aromatic carbocycles. The summed E-state index contributed by atoms with van der Waals surface area (Å²) in [6.45, 7) is 2.66. The molecule has 0 atom stereocenters. The maximum Gasteiger partial charge on any atom is 0.231 e. The molecule has 0 fully saturated rings. The average molecular weight is 478 g/mol. The zero-order valence-electron chi connectivity index (χ0n) is 19.9. The molecular weight excluding hydrogens is 450 g/mol. The highest BCUT2D eigenvalue weighted by Crippen LogP contribution is 2.34. The lowest BCUT2D eigenvalue weighted by molar-refractivity contribution is 0.174. The Kier molecular flexibility index (Phi) is 6.15. The maximum absolute atomic E-state index is 5.89. The third-order valence-electron chi connectivity index (χ3n) is 6.40. The molecule has 2 aliphatic rings. The van der Waals surface area contributed by atoms with E-state index >= 15 is 0 Å². The Morgan fingerprint density at radius 1 is 0.806 bits per heavy atom. The molecule has 0 amide bonds. The minimum Gasteiger partial charge on any atom is -0.454 e. The van der Waals surface area contributed by atoms with Gasteiger partial charge < -0.3 is 23.8 Å². The van der Waals surface area contributed by atoms with Crippen LogP contribution in [0.2, 0.25) is 0 Å². The minimum atomic E-state index is 0.269. The van der Waals surface area contributed by atoms with Gasteiger partial charge in [0, 0.05) is 43.7 Å². The van der Waals surface area contributed by atoms with Crippen LogP contribution in [0, 0.1) is 0 Å². The van der Waals surface area contributed by atoms with Crippen molar-refractivity contribution in [2.75, 3.05) is 24.8 Å². The third-order valence-corrected chi connectivity index (χ3v) is 6.40. The van der Waals surface area contributed by atoms with E-state index in [1.54, 1.807) is 0 Å². The van der Waals surface area contributed by atoms with Gasteiger partial charge in [-0.25, -0.2) is 0 Å². The zero-order valence-corrected chi connectivity index (χ0v) is 19.9. The number of ether oxygens (including phenoxy) is 2. The number of allylic oxidation sites excluding steroid dienone is 4. The van der Waals surface area contributed by atoms with Gasteiger partial charge in [0.15, 0.2) is 11.5 Å². The van der Waals surface area contributed by atoms with Crippen molar-refractivity contribution in [1.82, 2.24) is 10.1 Å². The van der Waals surface area contributed by atoms with Gasteiger partial charge in [0.25, 0.3) is 0 Å². The predicted octanol–water partition coefficient (Wildman–Crippen LogP) is 6.52. The highest BCUT2D eigenvalue weighted by Gasteiger charge is 2.18. The SMILES string of the molecule is C1=CC=CN(CCCN(Cc2ccc3c(c2)OCO3)c2cc(-c3ccc4ccccc4c3)no2)C=C1. The minimum absolute atomic E-state index is 0.269. The van der Waals surface area contributed by atoms with Crippen LogP contribution in [0.15, 0.2) is 108 Å². The van der Waals surface area contributed by atoms with Gasteiger partial charge in [0.1, 0.15) is 5.69 Å². The molecule has 0 N–H and O–H groups in total. The third kappa shape index (κ3) is 4.84. The molecule has 0 spiro atoms. The number of hydrogen-bond donors (Lipinski definition) is 0. The van der Waals surface area contributed by atoms with Gasteiger partial charge in [0.2, 0.25) is 12.7 Å². The summed E-state index contributed by atoms with van der Waals surface area (Å²) in [5, 5.41) is 6.82. The molecule has 0 radical (unpaired) electrons. The average Bonchev–Trinajstić information content (AvgIpc) is 3.52. The summed E-state index contributed by atoms with van der Waals surface area (Å²) in [7, 11) is 0. The molecule has 6 heteroatoms. The van der Waals surface area contributed by atoms with E-state index in [4.69, 9.17) is 14.0 Å². The molecule has 2 aliphatic heterocycles. The summed E-state index contributed by atoms with van der Waals surface area (Å²) in [5.41, 5.74) is 3.00. The smallest absolute Gasteiger partial charge is 0.231 e. The fraction of sp³-hybridized carbons (Fsp3) is 0.167. The first-order valence-electron chi connectivity index (χ1n) is 12.2. The van der Waals surface area contributed by atoms with Crippen molar-refractivity contribution in [3.63, 3.8) is 0 Å². The number of benzene rings is 3. The Morgan fingerprint density at radius 3 is 2.53 bits per heavy atom. The number of aromatic nitrogens is 1. The second-order valence-electron chi connectivity index (χ2n) is 8.88. The van der Waals surface area contributed by atoms with Gasteiger partial charge >= 0.3 is 0 Å².